The van der Waals surface area contributed by atoms with E-state index in [-0.39, 0.29) is 16.8 Å². The first-order valence-corrected chi connectivity index (χ1v) is 6.63. The van der Waals surface area contributed by atoms with Crippen LogP contribution in [0.2, 0.25) is 0 Å². The third kappa shape index (κ3) is 2.67. The second-order valence-corrected chi connectivity index (χ2v) is 4.69. The molecule has 3 heteroatoms. The van der Waals surface area contributed by atoms with Crippen LogP contribution in [0.1, 0.15) is 15.9 Å². The van der Waals surface area contributed by atoms with Crippen LogP contribution in [-0.4, -0.2) is 10.8 Å². The molecule has 2 aromatic carbocycles. The minimum absolute atomic E-state index is 0.154. The Morgan fingerprint density at radius 2 is 1.48 bits per heavy atom. The summed E-state index contributed by atoms with van der Waals surface area (Å²) in [7, 11) is 0. The van der Waals surface area contributed by atoms with Gasteiger partial charge in [-0.2, -0.15) is 0 Å². The Morgan fingerprint density at radius 1 is 0.857 bits per heavy atom. The number of ketones is 1. The predicted molar refractivity (Wildman–Crippen MR) is 82.4 cm³/mol. The van der Waals surface area contributed by atoms with Gasteiger partial charge in [0.05, 0.1) is 5.56 Å². The second-order valence-electron chi connectivity index (χ2n) is 4.69. The zero-order chi connectivity index (χ0) is 14.7. The molecule has 0 saturated heterocycles. The van der Waals surface area contributed by atoms with Crippen molar-refractivity contribution < 1.29 is 4.79 Å². The first kappa shape index (κ1) is 13.1. The Balaban J connectivity index is 2.00. The van der Waals surface area contributed by atoms with Crippen LogP contribution in [0, 0.1) is 0 Å². The summed E-state index contributed by atoms with van der Waals surface area (Å²) >= 11 is 0. The lowest BCUT2D eigenvalue weighted by atomic mass is 10.0. The number of carbonyl (C=O) groups is 1. The number of nitrogens with one attached hydrogen (secondary N) is 1. The fraction of sp³-hybridized carbons (Fsp3) is 0. The van der Waals surface area contributed by atoms with Gasteiger partial charge in [0.25, 0.3) is 0 Å². The van der Waals surface area contributed by atoms with E-state index in [1.807, 2.05) is 36.4 Å². The van der Waals surface area contributed by atoms with E-state index in [1.165, 1.54) is 12.3 Å². The Hall–Kier alpha value is -2.94. The van der Waals surface area contributed by atoms with Crippen molar-refractivity contribution in [2.24, 2.45) is 0 Å². The Morgan fingerprint density at radius 3 is 2.10 bits per heavy atom. The molecule has 3 rings (SSSR count). The molecule has 0 unspecified atom stereocenters. The zero-order valence-corrected chi connectivity index (χ0v) is 11.2. The molecule has 0 fully saturated rings. The molecule has 0 radical (unpaired) electrons. The van der Waals surface area contributed by atoms with Gasteiger partial charge in [0, 0.05) is 23.5 Å². The number of hydrogen-bond donors (Lipinski definition) is 1. The first-order chi connectivity index (χ1) is 10.3. The highest BCUT2D eigenvalue weighted by atomic mass is 16.1. The van der Waals surface area contributed by atoms with Crippen LogP contribution in [0.4, 0.5) is 0 Å². The molecule has 0 atom stereocenters. The van der Waals surface area contributed by atoms with E-state index in [0.29, 0.717) is 11.3 Å². The van der Waals surface area contributed by atoms with E-state index in [4.69, 9.17) is 0 Å². The van der Waals surface area contributed by atoms with Crippen molar-refractivity contribution >= 4 is 5.78 Å². The van der Waals surface area contributed by atoms with Gasteiger partial charge in [0.1, 0.15) is 0 Å². The maximum Gasteiger partial charge on any atom is 0.198 e. The van der Waals surface area contributed by atoms with E-state index in [0.717, 1.165) is 5.56 Å². The number of rotatable bonds is 3. The maximum absolute atomic E-state index is 12.3. The Kier molecular flexibility index (Phi) is 3.48. The topological polar surface area (TPSA) is 49.9 Å². The number of aromatic amines is 1. The summed E-state index contributed by atoms with van der Waals surface area (Å²) in [6, 6.07) is 19.8. The largest absolute Gasteiger partial charge is 0.360 e. The number of carbonyl (C=O) groups excluding carboxylic acids is 1. The van der Waals surface area contributed by atoms with E-state index < -0.39 is 0 Å². The summed E-state index contributed by atoms with van der Waals surface area (Å²) in [5, 5.41) is 0. The van der Waals surface area contributed by atoms with Crippen molar-refractivity contribution in [3.8, 4) is 11.3 Å². The van der Waals surface area contributed by atoms with Crippen molar-refractivity contribution in [1.82, 2.24) is 4.98 Å². The van der Waals surface area contributed by atoms with Gasteiger partial charge in [-0.25, -0.2) is 0 Å². The molecule has 0 spiro atoms. The third-order valence-corrected chi connectivity index (χ3v) is 3.28. The highest BCUT2D eigenvalue weighted by molar-refractivity contribution is 6.08. The van der Waals surface area contributed by atoms with Gasteiger partial charge in [-0.3, -0.25) is 9.59 Å². The highest BCUT2D eigenvalue weighted by Gasteiger charge is 2.13. The molecule has 3 nitrogen and oxygen atoms in total. The summed E-state index contributed by atoms with van der Waals surface area (Å²) in [5.74, 6) is -0.267. The van der Waals surface area contributed by atoms with Gasteiger partial charge >= 0.3 is 0 Å². The van der Waals surface area contributed by atoms with E-state index in [9.17, 15) is 9.59 Å². The van der Waals surface area contributed by atoms with E-state index in [2.05, 4.69) is 4.98 Å². The molecular formula is C18H13NO2. The summed E-state index contributed by atoms with van der Waals surface area (Å²) < 4.78 is 0. The molecule has 1 aromatic heterocycles. The summed E-state index contributed by atoms with van der Waals surface area (Å²) in [5.41, 5.74) is 2.00. The minimum atomic E-state index is -0.276. The summed E-state index contributed by atoms with van der Waals surface area (Å²) in [4.78, 5) is 27.5. The zero-order valence-electron chi connectivity index (χ0n) is 11.2. The van der Waals surface area contributed by atoms with Gasteiger partial charge in [0.2, 0.25) is 0 Å². The van der Waals surface area contributed by atoms with Crippen LogP contribution in [0.25, 0.3) is 11.3 Å². The summed E-state index contributed by atoms with van der Waals surface area (Å²) in [6.07, 6.45) is 1.49. The number of hydrogen-bond acceptors (Lipinski definition) is 2. The average molecular weight is 275 g/mol. The number of H-pyrrole nitrogens is 1. The molecule has 102 valence electrons. The number of benzene rings is 2. The molecule has 21 heavy (non-hydrogen) atoms. The van der Waals surface area contributed by atoms with Gasteiger partial charge in [-0.15, -0.1) is 0 Å². The first-order valence-electron chi connectivity index (χ1n) is 6.63. The normalized spacial score (nSPS) is 10.3. The smallest absolute Gasteiger partial charge is 0.198 e. The van der Waals surface area contributed by atoms with Crippen molar-refractivity contribution in [3.63, 3.8) is 0 Å². The van der Waals surface area contributed by atoms with Crippen LogP contribution in [0.15, 0.2) is 77.7 Å². The fourth-order valence-electron chi connectivity index (χ4n) is 2.18. The predicted octanol–water partition coefficient (Wildman–Crippen LogP) is 3.27. The third-order valence-electron chi connectivity index (χ3n) is 3.28. The van der Waals surface area contributed by atoms with Crippen LogP contribution in [-0.2, 0) is 0 Å². The molecule has 0 bridgehead atoms. The van der Waals surface area contributed by atoms with Crippen LogP contribution >= 0.6 is 0 Å². The van der Waals surface area contributed by atoms with E-state index in [1.54, 1.807) is 24.3 Å². The van der Waals surface area contributed by atoms with Gasteiger partial charge in [0.15, 0.2) is 11.2 Å². The molecular weight excluding hydrogens is 262 g/mol. The number of pyridine rings is 1. The van der Waals surface area contributed by atoms with Crippen molar-refractivity contribution in [3.05, 3.63) is 94.3 Å². The van der Waals surface area contributed by atoms with E-state index >= 15 is 0 Å². The molecule has 3 aromatic rings. The Labute approximate surface area is 121 Å². The van der Waals surface area contributed by atoms with Gasteiger partial charge < -0.3 is 4.98 Å². The average Bonchev–Trinajstić information content (AvgIpc) is 2.56. The number of aromatic nitrogens is 1. The lowest BCUT2D eigenvalue weighted by Gasteiger charge is -2.04. The van der Waals surface area contributed by atoms with Crippen LogP contribution in [0.5, 0.6) is 0 Å². The van der Waals surface area contributed by atoms with Crippen LogP contribution in [0.3, 0.4) is 0 Å². The SMILES string of the molecule is O=C(c1ccccc1)c1c[nH]c(-c2ccccc2)cc1=O. The Bertz CT molecular complexity index is 821. The monoisotopic (exact) mass is 275 g/mol. The molecule has 0 aliphatic carbocycles. The summed E-state index contributed by atoms with van der Waals surface area (Å²) in [6.45, 7) is 0. The lowest BCUT2D eigenvalue weighted by molar-refractivity contribution is 0.103. The van der Waals surface area contributed by atoms with Crippen molar-refractivity contribution in [2.75, 3.05) is 0 Å². The molecule has 1 heterocycles. The standard InChI is InChI=1S/C18H13NO2/c20-17-11-16(13-7-3-1-4-8-13)19-12-15(17)18(21)14-9-5-2-6-10-14/h1-12H,(H,19,20). The molecule has 0 amide bonds. The van der Waals surface area contributed by atoms with Crippen molar-refractivity contribution in [2.45, 2.75) is 0 Å². The van der Waals surface area contributed by atoms with Gasteiger partial charge in [-0.05, 0) is 5.56 Å². The lowest BCUT2D eigenvalue weighted by Crippen LogP contribution is -2.15. The highest BCUT2D eigenvalue weighted by Crippen LogP contribution is 2.15. The fourth-order valence-corrected chi connectivity index (χ4v) is 2.18. The quantitative estimate of drug-likeness (QED) is 0.746. The molecule has 1 N–H and O–H groups in total. The van der Waals surface area contributed by atoms with Gasteiger partial charge in [-0.1, -0.05) is 60.7 Å². The molecule has 0 aliphatic heterocycles. The second kappa shape index (κ2) is 5.59. The molecule has 0 saturated carbocycles. The van der Waals surface area contributed by atoms with Crippen LogP contribution < -0.4 is 5.43 Å². The maximum atomic E-state index is 12.3. The van der Waals surface area contributed by atoms with Crippen molar-refractivity contribution in [1.29, 1.82) is 0 Å². The minimum Gasteiger partial charge on any atom is -0.360 e. The molecule has 0 aliphatic rings.